The summed E-state index contributed by atoms with van der Waals surface area (Å²) in [6.45, 7) is 3.49. The summed E-state index contributed by atoms with van der Waals surface area (Å²) in [5, 5.41) is 0. The summed E-state index contributed by atoms with van der Waals surface area (Å²) in [7, 11) is -1.86. The molecule has 0 radical (unpaired) electrons. The molecule has 148 valence electrons. The molecule has 23 heavy (non-hydrogen) atoms. The van der Waals surface area contributed by atoms with E-state index in [1.54, 1.807) is 0 Å². The zero-order chi connectivity index (χ0) is 19.0. The third kappa shape index (κ3) is 220. The first kappa shape index (κ1) is 34.8. The van der Waals surface area contributed by atoms with Crippen molar-refractivity contribution in [1.29, 1.82) is 0 Å². The van der Waals surface area contributed by atoms with Crippen LogP contribution in [-0.4, -0.2) is 64.2 Å². The number of halogens is 2. The molecule has 0 fully saturated rings. The summed E-state index contributed by atoms with van der Waals surface area (Å²) in [5.74, 6) is 0. The van der Waals surface area contributed by atoms with Gasteiger partial charge in [-0.2, -0.15) is 0 Å². The predicted molar refractivity (Wildman–Crippen MR) is 55.2 cm³/mol. The SMILES string of the molecule is CN(C)CCN.CN(C)CCN.[Ni+2].[O-][Cl+3]([O-])([O-])[O-].[O-][Cl+3]([O-])([O-])[O-]. The van der Waals surface area contributed by atoms with Crippen molar-refractivity contribution in [3.63, 3.8) is 0 Å². The van der Waals surface area contributed by atoms with E-state index in [1.165, 1.54) is 0 Å². The molecule has 0 aliphatic heterocycles. The second kappa shape index (κ2) is 20.6. The third-order valence-corrected chi connectivity index (χ3v) is 1.15. The summed E-state index contributed by atoms with van der Waals surface area (Å²) >= 11 is 0. The zero-order valence-electron chi connectivity index (χ0n) is 13.2. The van der Waals surface area contributed by atoms with Gasteiger partial charge in [0.15, 0.2) is 0 Å². The fraction of sp³-hybridized carbons (Fsp3) is 1.00. The maximum absolute atomic E-state index is 8.49. The molecular weight excluding hydrogens is 410 g/mol. The maximum Gasteiger partial charge on any atom is 2.00 e. The second-order valence-electron chi connectivity index (χ2n) is 3.94. The molecule has 0 saturated carbocycles. The van der Waals surface area contributed by atoms with Crippen LogP contribution in [0.5, 0.6) is 0 Å². The molecule has 0 amide bonds. The van der Waals surface area contributed by atoms with Gasteiger partial charge in [0.2, 0.25) is 0 Å². The zero-order valence-corrected chi connectivity index (χ0v) is 15.7. The maximum atomic E-state index is 8.49. The first-order valence-electron chi connectivity index (χ1n) is 5.47. The minimum absolute atomic E-state index is 0. The number of hydrogen-bond acceptors (Lipinski definition) is 12. The summed E-state index contributed by atoms with van der Waals surface area (Å²) < 4.78 is 67.9. The van der Waals surface area contributed by atoms with Crippen molar-refractivity contribution in [3.05, 3.63) is 0 Å². The standard InChI is InChI=1S/2C4H12N2.2ClHO4.Ni/c2*1-6(2)4-3-5;2*2-1(3,4)5;/h2*3-5H2,1-2H3;2*(H,2,3,4,5);/q;;;;+2/p-2. The molecule has 0 rings (SSSR count). The Morgan fingerprint density at radius 3 is 0.739 bits per heavy atom. The monoisotopic (exact) mass is 432 g/mol. The Hall–Kier alpha value is 0.594. The Balaban J connectivity index is -0.0000000620. The van der Waals surface area contributed by atoms with E-state index in [0.29, 0.717) is 0 Å². The van der Waals surface area contributed by atoms with Crippen LogP contribution in [0.4, 0.5) is 0 Å². The van der Waals surface area contributed by atoms with E-state index in [4.69, 9.17) is 48.7 Å². The molecule has 0 atom stereocenters. The average Bonchev–Trinajstić information content (AvgIpc) is 2.11. The Kier molecular flexibility index (Phi) is 31.3. The number of rotatable bonds is 4. The van der Waals surface area contributed by atoms with Crippen molar-refractivity contribution in [2.45, 2.75) is 0 Å². The van der Waals surface area contributed by atoms with Crippen molar-refractivity contribution in [1.82, 2.24) is 9.80 Å². The van der Waals surface area contributed by atoms with E-state index in [0.717, 1.165) is 26.2 Å². The van der Waals surface area contributed by atoms with Crippen molar-refractivity contribution >= 4 is 0 Å². The van der Waals surface area contributed by atoms with Gasteiger partial charge in [-0.15, -0.1) is 20.5 Å². The Labute approximate surface area is 150 Å². The fourth-order valence-electron chi connectivity index (χ4n) is 0.516. The van der Waals surface area contributed by atoms with Gasteiger partial charge < -0.3 is 21.3 Å². The largest absolute Gasteiger partial charge is 2.00 e. The predicted octanol–water partition coefficient (Wildman–Crippen LogP) is -10.5. The van der Waals surface area contributed by atoms with E-state index in [-0.39, 0.29) is 16.5 Å². The quantitative estimate of drug-likeness (QED) is 0.392. The van der Waals surface area contributed by atoms with Crippen LogP contribution in [0.2, 0.25) is 0 Å². The molecule has 0 aliphatic carbocycles. The van der Waals surface area contributed by atoms with Crippen LogP contribution in [-0.2, 0) is 16.5 Å². The van der Waals surface area contributed by atoms with Gasteiger partial charge in [-0.25, -0.2) is 37.3 Å². The average molecular weight is 434 g/mol. The molecule has 0 aromatic heterocycles. The molecule has 0 spiro atoms. The summed E-state index contributed by atoms with van der Waals surface area (Å²) in [5.41, 5.74) is 10.4. The van der Waals surface area contributed by atoms with Crippen molar-refractivity contribution in [3.8, 4) is 0 Å². The van der Waals surface area contributed by atoms with Gasteiger partial charge in [-0.3, -0.25) is 0 Å². The molecule has 0 aliphatic rings. The molecule has 0 aromatic carbocycles. The smallest absolute Gasteiger partial charge is 0.329 e. The van der Waals surface area contributed by atoms with Gasteiger partial charge in [0.05, 0.1) is 0 Å². The number of nitrogens with two attached hydrogens (primary N) is 2. The van der Waals surface area contributed by atoms with Gasteiger partial charge >= 0.3 is 16.5 Å². The molecule has 15 heteroatoms. The van der Waals surface area contributed by atoms with Gasteiger partial charge in [-0.05, 0) is 28.2 Å². The fourth-order valence-corrected chi connectivity index (χ4v) is 0.516. The van der Waals surface area contributed by atoms with Crippen LogP contribution in [0.25, 0.3) is 0 Å². The molecule has 0 bridgehead atoms. The molecule has 0 unspecified atom stereocenters. The van der Waals surface area contributed by atoms with Crippen LogP contribution in [0.3, 0.4) is 0 Å². The summed E-state index contributed by atoms with van der Waals surface area (Å²) in [6.07, 6.45) is 0. The van der Waals surface area contributed by atoms with Crippen LogP contribution >= 0.6 is 0 Å². The third-order valence-electron chi connectivity index (χ3n) is 1.15. The summed E-state index contributed by atoms with van der Waals surface area (Å²) in [6, 6.07) is 0. The van der Waals surface area contributed by atoms with E-state index in [1.807, 2.05) is 28.2 Å². The molecular formula is C8H24Cl2N4NiO8. The van der Waals surface area contributed by atoms with E-state index in [2.05, 4.69) is 9.80 Å². The van der Waals surface area contributed by atoms with Crippen LogP contribution in [0, 0.1) is 20.5 Å². The Morgan fingerprint density at radius 1 is 0.609 bits per heavy atom. The van der Waals surface area contributed by atoms with E-state index in [9.17, 15) is 0 Å². The van der Waals surface area contributed by atoms with Crippen LogP contribution in [0.15, 0.2) is 0 Å². The van der Waals surface area contributed by atoms with Crippen molar-refractivity contribution in [2.24, 2.45) is 11.5 Å². The van der Waals surface area contributed by atoms with Crippen LogP contribution in [0.1, 0.15) is 0 Å². The minimum Gasteiger partial charge on any atom is -0.329 e. The van der Waals surface area contributed by atoms with Gasteiger partial charge in [0.25, 0.3) is 0 Å². The first-order valence-corrected chi connectivity index (χ1v) is 7.94. The van der Waals surface area contributed by atoms with Gasteiger partial charge in [-0.1, -0.05) is 0 Å². The summed E-state index contributed by atoms with van der Waals surface area (Å²) in [4.78, 5) is 4.11. The normalized spacial score (nSPS) is 10.4. The number of hydrogen-bond donors (Lipinski definition) is 2. The molecule has 4 N–H and O–H groups in total. The molecule has 0 aromatic rings. The van der Waals surface area contributed by atoms with Crippen LogP contribution < -0.4 is 48.7 Å². The Bertz CT molecular complexity index is 185. The number of likely N-dealkylation sites (N-methyl/N-ethyl adjacent to an activating group) is 2. The van der Waals surface area contributed by atoms with E-state index < -0.39 is 20.5 Å². The van der Waals surface area contributed by atoms with Crippen molar-refractivity contribution < 1.29 is 74.2 Å². The van der Waals surface area contributed by atoms with Gasteiger partial charge in [0.1, 0.15) is 0 Å². The molecule has 0 heterocycles. The van der Waals surface area contributed by atoms with Crippen molar-refractivity contribution in [2.75, 3.05) is 54.4 Å². The molecule has 0 saturated heterocycles. The van der Waals surface area contributed by atoms with Gasteiger partial charge in [0, 0.05) is 26.2 Å². The van der Waals surface area contributed by atoms with E-state index >= 15 is 0 Å². The minimum atomic E-state index is -4.94. The topological polar surface area (TPSA) is 243 Å². The Morgan fingerprint density at radius 2 is 0.739 bits per heavy atom. The molecule has 12 nitrogen and oxygen atoms in total. The first-order chi connectivity index (χ1) is 9.54. The number of nitrogens with zero attached hydrogens (tertiary/aromatic N) is 2. The second-order valence-corrected chi connectivity index (χ2v) is 5.45.